The highest BCUT2D eigenvalue weighted by atomic mass is 16.1. The van der Waals surface area contributed by atoms with Gasteiger partial charge in [-0.15, -0.1) is 0 Å². The smallest absolute Gasteiger partial charge is 0.274 e. The lowest BCUT2D eigenvalue weighted by atomic mass is 10.2. The minimum Gasteiger partial charge on any atom is -0.368 e. The van der Waals surface area contributed by atoms with Crippen molar-refractivity contribution in [2.24, 2.45) is 0 Å². The zero-order valence-corrected chi connectivity index (χ0v) is 15.0. The molecule has 6 heteroatoms. The third-order valence-electron chi connectivity index (χ3n) is 4.59. The number of para-hydroxylation sites is 2. The number of carbonyl (C=O) groups is 1. The largest absolute Gasteiger partial charge is 0.368 e. The number of anilines is 3. The fourth-order valence-corrected chi connectivity index (χ4v) is 3.15. The van der Waals surface area contributed by atoms with Crippen molar-refractivity contribution < 1.29 is 4.79 Å². The van der Waals surface area contributed by atoms with Gasteiger partial charge in [0.2, 0.25) is 5.95 Å². The molecule has 1 aliphatic heterocycles. The molecule has 1 saturated heterocycles. The van der Waals surface area contributed by atoms with E-state index in [9.17, 15) is 4.79 Å². The normalized spacial score (nSPS) is 14.1. The highest BCUT2D eigenvalue weighted by Crippen LogP contribution is 2.18. The van der Waals surface area contributed by atoms with Gasteiger partial charge in [-0.2, -0.15) is 0 Å². The fraction of sp³-hybridized carbons (Fsp3) is 0.190. The molecule has 0 spiro atoms. The molecule has 2 aromatic carbocycles. The van der Waals surface area contributed by atoms with Gasteiger partial charge in [0.05, 0.1) is 0 Å². The molecule has 1 amide bonds. The van der Waals surface area contributed by atoms with Crippen molar-refractivity contribution in [1.29, 1.82) is 0 Å². The van der Waals surface area contributed by atoms with Crippen molar-refractivity contribution in [1.82, 2.24) is 9.97 Å². The quantitative estimate of drug-likeness (QED) is 0.776. The van der Waals surface area contributed by atoms with E-state index < -0.39 is 0 Å². The van der Waals surface area contributed by atoms with Crippen molar-refractivity contribution in [3.8, 4) is 0 Å². The number of piperazine rings is 1. The molecule has 0 radical (unpaired) electrons. The lowest BCUT2D eigenvalue weighted by Crippen LogP contribution is -2.47. The molecule has 0 unspecified atom stereocenters. The molecule has 27 heavy (non-hydrogen) atoms. The maximum Gasteiger partial charge on any atom is 0.274 e. The SMILES string of the molecule is O=C(Nc1ccccc1)c1ccnc(N2CCN(c3ccccc3)CC2)n1. The summed E-state index contributed by atoms with van der Waals surface area (Å²) >= 11 is 0. The van der Waals surface area contributed by atoms with Crippen molar-refractivity contribution in [3.05, 3.63) is 78.6 Å². The van der Waals surface area contributed by atoms with E-state index in [0.29, 0.717) is 11.6 Å². The summed E-state index contributed by atoms with van der Waals surface area (Å²) in [7, 11) is 0. The van der Waals surface area contributed by atoms with Crippen LogP contribution in [0.5, 0.6) is 0 Å². The Labute approximate surface area is 158 Å². The molecule has 2 heterocycles. The molecule has 1 aliphatic rings. The standard InChI is InChI=1S/C21H21N5O/c27-20(23-17-7-3-1-4-8-17)19-11-12-22-21(24-19)26-15-13-25(14-16-26)18-9-5-2-6-10-18/h1-12H,13-16H2,(H,23,27). The van der Waals surface area contributed by atoms with Gasteiger partial charge in [-0.3, -0.25) is 4.79 Å². The van der Waals surface area contributed by atoms with Crippen LogP contribution >= 0.6 is 0 Å². The predicted molar refractivity (Wildman–Crippen MR) is 107 cm³/mol. The van der Waals surface area contributed by atoms with Crippen LogP contribution in [0.15, 0.2) is 72.9 Å². The monoisotopic (exact) mass is 359 g/mol. The number of carbonyl (C=O) groups excluding carboxylic acids is 1. The van der Waals surface area contributed by atoms with E-state index in [4.69, 9.17) is 0 Å². The first-order chi connectivity index (χ1) is 13.3. The molecule has 0 bridgehead atoms. The summed E-state index contributed by atoms with van der Waals surface area (Å²) in [6.45, 7) is 3.43. The van der Waals surface area contributed by atoms with E-state index in [0.717, 1.165) is 31.9 Å². The third-order valence-corrected chi connectivity index (χ3v) is 4.59. The van der Waals surface area contributed by atoms with Crippen LogP contribution in [0.25, 0.3) is 0 Å². The highest BCUT2D eigenvalue weighted by Gasteiger charge is 2.20. The second-order valence-electron chi connectivity index (χ2n) is 6.37. The van der Waals surface area contributed by atoms with Gasteiger partial charge in [0, 0.05) is 43.8 Å². The van der Waals surface area contributed by atoms with Gasteiger partial charge in [0.25, 0.3) is 5.91 Å². The van der Waals surface area contributed by atoms with E-state index in [-0.39, 0.29) is 5.91 Å². The Kier molecular flexibility index (Phi) is 4.96. The molecular formula is C21H21N5O. The molecular weight excluding hydrogens is 338 g/mol. The van der Waals surface area contributed by atoms with Gasteiger partial charge in [-0.25, -0.2) is 9.97 Å². The van der Waals surface area contributed by atoms with Gasteiger partial charge in [-0.1, -0.05) is 36.4 Å². The molecule has 1 N–H and O–H groups in total. The molecule has 0 aliphatic carbocycles. The Morgan fingerprint density at radius 1 is 0.815 bits per heavy atom. The summed E-state index contributed by atoms with van der Waals surface area (Å²) in [5.41, 5.74) is 2.35. The van der Waals surface area contributed by atoms with Gasteiger partial charge in [0.1, 0.15) is 5.69 Å². The highest BCUT2D eigenvalue weighted by molar-refractivity contribution is 6.02. The summed E-state index contributed by atoms with van der Waals surface area (Å²) in [4.78, 5) is 25.8. The molecule has 4 rings (SSSR count). The van der Waals surface area contributed by atoms with Crippen molar-refractivity contribution in [3.63, 3.8) is 0 Å². The molecule has 1 fully saturated rings. The van der Waals surface area contributed by atoms with E-state index in [1.807, 2.05) is 36.4 Å². The van der Waals surface area contributed by atoms with Crippen LogP contribution in [-0.4, -0.2) is 42.1 Å². The zero-order valence-electron chi connectivity index (χ0n) is 15.0. The molecule has 0 atom stereocenters. The molecule has 136 valence electrons. The number of nitrogens with one attached hydrogen (secondary N) is 1. The van der Waals surface area contributed by atoms with Gasteiger partial charge in [-0.05, 0) is 30.3 Å². The average molecular weight is 359 g/mol. The summed E-state index contributed by atoms with van der Waals surface area (Å²) in [6.07, 6.45) is 1.64. The molecule has 3 aromatic rings. The van der Waals surface area contributed by atoms with Crippen LogP contribution in [0.4, 0.5) is 17.3 Å². The lowest BCUT2D eigenvalue weighted by Gasteiger charge is -2.36. The first-order valence-corrected chi connectivity index (χ1v) is 9.04. The van der Waals surface area contributed by atoms with Gasteiger partial charge in [0.15, 0.2) is 0 Å². The maximum atomic E-state index is 12.5. The average Bonchev–Trinajstić information content (AvgIpc) is 2.75. The third kappa shape index (κ3) is 4.06. The Hall–Kier alpha value is -3.41. The predicted octanol–water partition coefficient (Wildman–Crippen LogP) is 3.06. The Bertz CT molecular complexity index is 893. The molecule has 1 aromatic heterocycles. The topological polar surface area (TPSA) is 61.4 Å². The second-order valence-corrected chi connectivity index (χ2v) is 6.37. The van der Waals surface area contributed by atoms with Crippen LogP contribution in [0, 0.1) is 0 Å². The lowest BCUT2D eigenvalue weighted by molar-refractivity contribution is 0.102. The Morgan fingerprint density at radius 2 is 1.44 bits per heavy atom. The summed E-state index contributed by atoms with van der Waals surface area (Å²) in [5, 5.41) is 2.86. The van der Waals surface area contributed by atoms with Crippen molar-refractivity contribution >= 4 is 23.2 Å². The number of amides is 1. The first kappa shape index (κ1) is 17.0. The van der Waals surface area contributed by atoms with Crippen molar-refractivity contribution in [2.75, 3.05) is 41.3 Å². The summed E-state index contributed by atoms with van der Waals surface area (Å²) in [5.74, 6) is 0.371. The number of hydrogen-bond donors (Lipinski definition) is 1. The Balaban J connectivity index is 1.42. The first-order valence-electron chi connectivity index (χ1n) is 9.04. The maximum absolute atomic E-state index is 12.5. The minimum absolute atomic E-state index is 0.229. The molecule has 0 saturated carbocycles. The number of hydrogen-bond acceptors (Lipinski definition) is 5. The van der Waals surface area contributed by atoms with Gasteiger partial charge < -0.3 is 15.1 Å². The number of aromatic nitrogens is 2. The van der Waals surface area contributed by atoms with E-state index in [1.165, 1.54) is 5.69 Å². The number of nitrogens with zero attached hydrogens (tertiary/aromatic N) is 4. The summed E-state index contributed by atoms with van der Waals surface area (Å²) < 4.78 is 0. The van der Waals surface area contributed by atoms with Crippen molar-refractivity contribution in [2.45, 2.75) is 0 Å². The van der Waals surface area contributed by atoms with Crippen LogP contribution in [-0.2, 0) is 0 Å². The number of rotatable bonds is 4. The fourth-order valence-electron chi connectivity index (χ4n) is 3.15. The van der Waals surface area contributed by atoms with Crippen LogP contribution < -0.4 is 15.1 Å². The van der Waals surface area contributed by atoms with Crippen LogP contribution in [0.2, 0.25) is 0 Å². The van der Waals surface area contributed by atoms with Crippen LogP contribution in [0.1, 0.15) is 10.5 Å². The summed E-state index contributed by atoms with van der Waals surface area (Å²) in [6, 6.07) is 21.4. The van der Waals surface area contributed by atoms with Gasteiger partial charge >= 0.3 is 0 Å². The zero-order chi connectivity index (χ0) is 18.5. The minimum atomic E-state index is -0.229. The molecule has 6 nitrogen and oxygen atoms in total. The van der Waals surface area contributed by atoms with E-state index in [1.54, 1.807) is 12.3 Å². The Morgan fingerprint density at radius 3 is 2.15 bits per heavy atom. The van der Waals surface area contributed by atoms with Crippen LogP contribution in [0.3, 0.4) is 0 Å². The van der Waals surface area contributed by atoms with E-state index >= 15 is 0 Å². The second kappa shape index (κ2) is 7.86. The van der Waals surface area contributed by atoms with E-state index in [2.05, 4.69) is 49.4 Å². The number of benzene rings is 2.